The summed E-state index contributed by atoms with van der Waals surface area (Å²) in [6.45, 7) is 4.16. The second-order valence-electron chi connectivity index (χ2n) is 5.42. The minimum Gasteiger partial charge on any atom is -0.491 e. The van der Waals surface area contributed by atoms with Crippen LogP contribution in [0.15, 0.2) is 24.3 Å². The third-order valence-corrected chi connectivity index (χ3v) is 3.63. The van der Waals surface area contributed by atoms with Crippen LogP contribution in [0.3, 0.4) is 0 Å². The number of piperidine rings is 1. The number of methoxy groups -OCH3 is 1. The Bertz CT molecular complexity index is 447. The van der Waals surface area contributed by atoms with E-state index in [1.54, 1.807) is 19.2 Å². The Hall–Kier alpha value is -1.59. The van der Waals surface area contributed by atoms with E-state index in [4.69, 9.17) is 9.47 Å². The van der Waals surface area contributed by atoms with Crippen LogP contribution >= 0.6 is 0 Å². The van der Waals surface area contributed by atoms with Crippen LogP contribution in [0.25, 0.3) is 0 Å². The fourth-order valence-corrected chi connectivity index (χ4v) is 2.48. The van der Waals surface area contributed by atoms with Crippen LogP contribution < -0.4 is 15.4 Å². The molecule has 5 heteroatoms. The highest BCUT2D eigenvalue weighted by molar-refractivity contribution is 5.94. The molecular formula is C16H24N2O3. The minimum absolute atomic E-state index is 0.0162. The van der Waals surface area contributed by atoms with Crippen molar-refractivity contribution < 1.29 is 14.3 Å². The highest BCUT2D eigenvalue weighted by Gasteiger charge is 2.20. The molecule has 1 amide bonds. The van der Waals surface area contributed by atoms with Gasteiger partial charge in [-0.3, -0.25) is 4.79 Å². The SMILES string of the molecule is COCCOc1ccc(C(=O)NC2CCNC(C)C2)cc1. The molecule has 0 aromatic heterocycles. The van der Waals surface area contributed by atoms with Crippen molar-refractivity contribution in [3.05, 3.63) is 29.8 Å². The monoisotopic (exact) mass is 292 g/mol. The molecular weight excluding hydrogens is 268 g/mol. The van der Waals surface area contributed by atoms with Crippen LogP contribution in [0.2, 0.25) is 0 Å². The van der Waals surface area contributed by atoms with Crippen molar-refractivity contribution in [2.45, 2.75) is 31.8 Å². The first-order valence-electron chi connectivity index (χ1n) is 7.45. The molecule has 116 valence electrons. The molecule has 2 atom stereocenters. The van der Waals surface area contributed by atoms with E-state index in [0.717, 1.165) is 25.1 Å². The van der Waals surface area contributed by atoms with Crippen molar-refractivity contribution in [1.82, 2.24) is 10.6 Å². The molecule has 1 aliphatic rings. The number of amides is 1. The van der Waals surface area contributed by atoms with Gasteiger partial charge in [0.25, 0.3) is 5.91 Å². The number of ether oxygens (including phenoxy) is 2. The second kappa shape index (κ2) is 8.00. The predicted octanol–water partition coefficient (Wildman–Crippen LogP) is 1.58. The van der Waals surface area contributed by atoms with Crippen molar-refractivity contribution in [3.63, 3.8) is 0 Å². The number of rotatable bonds is 6. The van der Waals surface area contributed by atoms with Gasteiger partial charge in [0, 0.05) is 24.8 Å². The summed E-state index contributed by atoms with van der Waals surface area (Å²) < 4.78 is 10.4. The number of hydrogen-bond donors (Lipinski definition) is 2. The molecule has 2 N–H and O–H groups in total. The van der Waals surface area contributed by atoms with Crippen LogP contribution in [0.4, 0.5) is 0 Å². The molecule has 21 heavy (non-hydrogen) atoms. The van der Waals surface area contributed by atoms with Gasteiger partial charge in [-0.2, -0.15) is 0 Å². The first kappa shape index (κ1) is 15.8. The summed E-state index contributed by atoms with van der Waals surface area (Å²) in [6.07, 6.45) is 1.96. The van der Waals surface area contributed by atoms with Crippen LogP contribution in [0, 0.1) is 0 Å². The Morgan fingerprint density at radius 3 is 2.76 bits per heavy atom. The van der Waals surface area contributed by atoms with Crippen molar-refractivity contribution in [2.75, 3.05) is 26.9 Å². The van der Waals surface area contributed by atoms with E-state index >= 15 is 0 Å². The standard InChI is InChI=1S/C16H24N2O3/c1-12-11-14(7-8-17-12)18-16(19)13-3-5-15(6-4-13)21-10-9-20-2/h3-6,12,14,17H,7-11H2,1-2H3,(H,18,19). The Morgan fingerprint density at radius 1 is 1.33 bits per heavy atom. The Kier molecular flexibility index (Phi) is 6.02. The summed E-state index contributed by atoms with van der Waals surface area (Å²) in [5, 5.41) is 6.48. The first-order chi connectivity index (χ1) is 10.2. The molecule has 1 fully saturated rings. The summed E-state index contributed by atoms with van der Waals surface area (Å²) in [4.78, 5) is 12.2. The van der Waals surface area contributed by atoms with Crippen LogP contribution in [-0.4, -0.2) is 44.9 Å². The van der Waals surface area contributed by atoms with Gasteiger partial charge in [-0.15, -0.1) is 0 Å². The van der Waals surface area contributed by atoms with Crippen LogP contribution in [-0.2, 0) is 4.74 Å². The molecule has 0 saturated carbocycles. The number of carbonyl (C=O) groups excluding carboxylic acids is 1. The van der Waals surface area contributed by atoms with Gasteiger partial charge < -0.3 is 20.1 Å². The van der Waals surface area contributed by atoms with Gasteiger partial charge in [0.15, 0.2) is 0 Å². The first-order valence-corrected chi connectivity index (χ1v) is 7.45. The molecule has 1 aliphatic heterocycles. The molecule has 0 bridgehead atoms. The van der Waals surface area contributed by atoms with Gasteiger partial charge in [0.2, 0.25) is 0 Å². The van der Waals surface area contributed by atoms with Crippen LogP contribution in [0.1, 0.15) is 30.1 Å². The molecule has 0 radical (unpaired) electrons. The zero-order valence-electron chi connectivity index (χ0n) is 12.7. The highest BCUT2D eigenvalue weighted by Crippen LogP contribution is 2.13. The Morgan fingerprint density at radius 2 is 2.10 bits per heavy atom. The molecule has 2 rings (SSSR count). The lowest BCUT2D eigenvalue weighted by molar-refractivity contribution is 0.0925. The fourth-order valence-electron chi connectivity index (χ4n) is 2.48. The molecule has 1 saturated heterocycles. The zero-order chi connectivity index (χ0) is 15.1. The van der Waals surface area contributed by atoms with Crippen LogP contribution in [0.5, 0.6) is 5.75 Å². The number of hydrogen-bond acceptors (Lipinski definition) is 4. The smallest absolute Gasteiger partial charge is 0.251 e. The second-order valence-corrected chi connectivity index (χ2v) is 5.42. The Balaban J connectivity index is 1.84. The largest absolute Gasteiger partial charge is 0.491 e. The van der Waals surface area contributed by atoms with E-state index < -0.39 is 0 Å². The third kappa shape index (κ3) is 5.02. The maximum absolute atomic E-state index is 12.2. The van der Waals surface area contributed by atoms with Gasteiger partial charge in [0.1, 0.15) is 12.4 Å². The van der Waals surface area contributed by atoms with Crippen molar-refractivity contribution in [2.24, 2.45) is 0 Å². The van der Waals surface area contributed by atoms with Crippen molar-refractivity contribution in [3.8, 4) is 5.75 Å². The summed E-state index contributed by atoms with van der Waals surface area (Å²) in [6, 6.07) is 7.93. The van der Waals surface area contributed by atoms with Gasteiger partial charge in [-0.05, 0) is 50.6 Å². The maximum atomic E-state index is 12.2. The Labute approximate surface area is 126 Å². The van der Waals surface area contributed by atoms with E-state index in [1.165, 1.54) is 0 Å². The zero-order valence-corrected chi connectivity index (χ0v) is 12.7. The quantitative estimate of drug-likeness (QED) is 0.782. The third-order valence-electron chi connectivity index (χ3n) is 3.63. The molecule has 5 nitrogen and oxygen atoms in total. The topological polar surface area (TPSA) is 59.6 Å². The lowest BCUT2D eigenvalue weighted by atomic mass is 10.0. The summed E-state index contributed by atoms with van der Waals surface area (Å²) in [7, 11) is 1.64. The molecule has 1 aromatic rings. The van der Waals surface area contributed by atoms with E-state index in [1.807, 2.05) is 12.1 Å². The van der Waals surface area contributed by atoms with Gasteiger partial charge in [-0.25, -0.2) is 0 Å². The van der Waals surface area contributed by atoms with Gasteiger partial charge >= 0.3 is 0 Å². The average molecular weight is 292 g/mol. The molecule has 1 heterocycles. The van der Waals surface area contributed by atoms with E-state index in [0.29, 0.717) is 24.8 Å². The summed E-state index contributed by atoms with van der Waals surface area (Å²) in [5.41, 5.74) is 0.667. The average Bonchev–Trinajstić information content (AvgIpc) is 2.48. The maximum Gasteiger partial charge on any atom is 0.251 e. The van der Waals surface area contributed by atoms with Crippen molar-refractivity contribution in [1.29, 1.82) is 0 Å². The number of carbonyl (C=O) groups is 1. The van der Waals surface area contributed by atoms with Gasteiger partial charge in [-0.1, -0.05) is 0 Å². The summed E-state index contributed by atoms with van der Waals surface area (Å²) in [5.74, 6) is 0.733. The number of benzene rings is 1. The predicted molar refractivity (Wildman–Crippen MR) is 81.8 cm³/mol. The molecule has 1 aromatic carbocycles. The normalized spacial score (nSPS) is 21.8. The highest BCUT2D eigenvalue weighted by atomic mass is 16.5. The lowest BCUT2D eigenvalue weighted by Crippen LogP contribution is -2.46. The fraction of sp³-hybridized carbons (Fsp3) is 0.562. The molecule has 0 spiro atoms. The molecule has 0 aliphatic carbocycles. The lowest BCUT2D eigenvalue weighted by Gasteiger charge is -2.28. The molecule has 2 unspecified atom stereocenters. The van der Waals surface area contributed by atoms with E-state index in [2.05, 4.69) is 17.6 Å². The van der Waals surface area contributed by atoms with Crippen molar-refractivity contribution >= 4 is 5.91 Å². The van der Waals surface area contributed by atoms with Gasteiger partial charge in [0.05, 0.1) is 6.61 Å². The van der Waals surface area contributed by atoms with E-state index in [9.17, 15) is 4.79 Å². The minimum atomic E-state index is -0.0162. The van der Waals surface area contributed by atoms with E-state index in [-0.39, 0.29) is 11.9 Å². The summed E-state index contributed by atoms with van der Waals surface area (Å²) >= 11 is 0. The number of nitrogens with one attached hydrogen (secondary N) is 2.